The predicted octanol–water partition coefficient (Wildman–Crippen LogP) is 3.43. The number of benzene rings is 2. The molecule has 0 aromatic heterocycles. The zero-order chi connectivity index (χ0) is 18.1. The van der Waals surface area contributed by atoms with E-state index in [2.05, 4.69) is 5.32 Å². The lowest BCUT2D eigenvalue weighted by atomic mass is 10.1. The van der Waals surface area contributed by atoms with Gasteiger partial charge >= 0.3 is 0 Å². The molecule has 134 valence electrons. The van der Waals surface area contributed by atoms with E-state index in [4.69, 9.17) is 14.2 Å². The summed E-state index contributed by atoms with van der Waals surface area (Å²) in [5.74, 6) is 1.25. The van der Waals surface area contributed by atoms with E-state index < -0.39 is 0 Å². The maximum absolute atomic E-state index is 12.8. The number of methoxy groups -OCH3 is 2. The Labute approximate surface area is 146 Å². The van der Waals surface area contributed by atoms with Crippen molar-refractivity contribution >= 4 is 5.91 Å². The second kappa shape index (κ2) is 9.52. The maximum atomic E-state index is 12.8. The van der Waals surface area contributed by atoms with E-state index in [1.807, 2.05) is 0 Å². The van der Waals surface area contributed by atoms with Gasteiger partial charge in [0, 0.05) is 12.6 Å². The first-order chi connectivity index (χ1) is 12.1. The number of halogens is 1. The van der Waals surface area contributed by atoms with Gasteiger partial charge < -0.3 is 19.5 Å². The third-order valence-corrected chi connectivity index (χ3v) is 3.59. The number of hydrogen-bond donors (Lipinski definition) is 1. The van der Waals surface area contributed by atoms with E-state index in [9.17, 15) is 9.18 Å². The fourth-order valence-corrected chi connectivity index (χ4v) is 2.23. The molecule has 2 rings (SSSR count). The number of rotatable bonds is 9. The van der Waals surface area contributed by atoms with Gasteiger partial charge in [-0.05, 0) is 49.2 Å². The number of ether oxygens (including phenoxy) is 3. The smallest absolute Gasteiger partial charge is 0.255 e. The van der Waals surface area contributed by atoms with Crippen LogP contribution in [0.1, 0.15) is 23.2 Å². The average Bonchev–Trinajstić information content (AvgIpc) is 2.65. The molecule has 0 heterocycles. The van der Waals surface area contributed by atoms with E-state index in [0.29, 0.717) is 36.0 Å². The van der Waals surface area contributed by atoms with Crippen molar-refractivity contribution in [2.45, 2.75) is 12.8 Å². The minimum absolute atomic E-state index is 0.195. The molecule has 2 aromatic carbocycles. The van der Waals surface area contributed by atoms with Gasteiger partial charge in [0.1, 0.15) is 23.1 Å². The van der Waals surface area contributed by atoms with Crippen LogP contribution in [0.5, 0.6) is 17.2 Å². The normalized spacial score (nSPS) is 10.2. The van der Waals surface area contributed by atoms with E-state index >= 15 is 0 Å². The van der Waals surface area contributed by atoms with Crippen LogP contribution in [0, 0.1) is 5.82 Å². The van der Waals surface area contributed by atoms with E-state index in [1.54, 1.807) is 37.4 Å². The summed E-state index contributed by atoms with van der Waals surface area (Å²) in [6.07, 6.45) is 1.54. The van der Waals surface area contributed by atoms with Crippen LogP contribution in [-0.2, 0) is 0 Å². The lowest BCUT2D eigenvalue weighted by molar-refractivity contribution is 0.0949. The third kappa shape index (κ3) is 5.67. The summed E-state index contributed by atoms with van der Waals surface area (Å²) in [4.78, 5) is 12.2. The Balaban J connectivity index is 1.71. The second-order valence-electron chi connectivity index (χ2n) is 5.33. The van der Waals surface area contributed by atoms with Crippen molar-refractivity contribution in [3.63, 3.8) is 0 Å². The fraction of sp³-hybridized carbons (Fsp3) is 0.316. The molecular weight excluding hydrogens is 325 g/mol. The van der Waals surface area contributed by atoms with Crippen LogP contribution in [0.3, 0.4) is 0 Å². The zero-order valence-electron chi connectivity index (χ0n) is 14.4. The Bertz CT molecular complexity index is 688. The number of carbonyl (C=O) groups is 1. The van der Waals surface area contributed by atoms with Crippen LogP contribution in [0.2, 0.25) is 0 Å². The zero-order valence-corrected chi connectivity index (χ0v) is 14.4. The Kier molecular flexibility index (Phi) is 7.07. The number of nitrogens with one attached hydrogen (secondary N) is 1. The molecule has 0 aliphatic heterocycles. The standard InChI is InChI=1S/C19H22FNO4/c1-23-16-9-10-17(18(13-16)24-2)19(22)21-11-3-4-12-25-15-7-5-14(20)6-8-15/h5-10,13H,3-4,11-12H2,1-2H3,(H,21,22). The molecule has 1 amide bonds. The second-order valence-corrected chi connectivity index (χ2v) is 5.33. The number of carbonyl (C=O) groups excluding carboxylic acids is 1. The summed E-state index contributed by atoms with van der Waals surface area (Å²) in [7, 11) is 3.07. The van der Waals surface area contributed by atoms with Gasteiger partial charge in [-0.1, -0.05) is 0 Å². The summed E-state index contributed by atoms with van der Waals surface area (Å²) >= 11 is 0. The Morgan fingerprint density at radius 1 is 1.00 bits per heavy atom. The molecule has 0 saturated heterocycles. The highest BCUT2D eigenvalue weighted by atomic mass is 19.1. The van der Waals surface area contributed by atoms with Crippen molar-refractivity contribution in [3.8, 4) is 17.2 Å². The lowest BCUT2D eigenvalue weighted by Crippen LogP contribution is -2.25. The number of unbranched alkanes of at least 4 members (excludes halogenated alkanes) is 1. The minimum atomic E-state index is -0.288. The summed E-state index contributed by atoms with van der Waals surface area (Å²) < 4.78 is 28.6. The van der Waals surface area contributed by atoms with Crippen molar-refractivity contribution in [2.75, 3.05) is 27.4 Å². The molecule has 5 nitrogen and oxygen atoms in total. The Hall–Kier alpha value is -2.76. The molecule has 0 saturated carbocycles. The van der Waals surface area contributed by atoms with Gasteiger partial charge in [0.2, 0.25) is 0 Å². The van der Waals surface area contributed by atoms with Gasteiger partial charge in [-0.25, -0.2) is 4.39 Å². The highest BCUT2D eigenvalue weighted by Crippen LogP contribution is 2.24. The van der Waals surface area contributed by atoms with Crippen molar-refractivity contribution in [3.05, 3.63) is 53.8 Å². The predicted molar refractivity (Wildman–Crippen MR) is 93.0 cm³/mol. The van der Waals surface area contributed by atoms with Gasteiger partial charge in [-0.15, -0.1) is 0 Å². The molecule has 1 N–H and O–H groups in total. The molecule has 0 unspecified atom stereocenters. The molecule has 0 aliphatic rings. The van der Waals surface area contributed by atoms with Crippen LogP contribution < -0.4 is 19.5 Å². The quantitative estimate of drug-likeness (QED) is 0.706. The summed E-state index contributed by atoms with van der Waals surface area (Å²) in [6, 6.07) is 11.0. The monoisotopic (exact) mass is 347 g/mol. The highest BCUT2D eigenvalue weighted by molar-refractivity contribution is 5.97. The lowest BCUT2D eigenvalue weighted by Gasteiger charge is -2.11. The molecule has 6 heteroatoms. The van der Waals surface area contributed by atoms with E-state index in [1.165, 1.54) is 19.2 Å². The molecule has 0 atom stereocenters. The number of hydrogen-bond acceptors (Lipinski definition) is 4. The molecular formula is C19H22FNO4. The third-order valence-electron chi connectivity index (χ3n) is 3.59. The van der Waals surface area contributed by atoms with Gasteiger partial charge in [0.05, 0.1) is 26.4 Å². The van der Waals surface area contributed by atoms with Crippen molar-refractivity contribution in [1.82, 2.24) is 5.32 Å². The molecule has 0 spiro atoms. The summed E-state index contributed by atoms with van der Waals surface area (Å²) in [5, 5.41) is 2.85. The Morgan fingerprint density at radius 3 is 2.40 bits per heavy atom. The first-order valence-corrected chi connectivity index (χ1v) is 8.02. The van der Waals surface area contributed by atoms with Gasteiger partial charge in [0.25, 0.3) is 5.91 Å². The first-order valence-electron chi connectivity index (χ1n) is 8.02. The van der Waals surface area contributed by atoms with Crippen LogP contribution in [0.25, 0.3) is 0 Å². The summed E-state index contributed by atoms with van der Waals surface area (Å²) in [5.41, 5.74) is 0.464. The Morgan fingerprint density at radius 2 is 1.72 bits per heavy atom. The van der Waals surface area contributed by atoms with Crippen molar-refractivity contribution in [2.24, 2.45) is 0 Å². The van der Waals surface area contributed by atoms with E-state index in [0.717, 1.165) is 12.8 Å². The molecule has 0 fully saturated rings. The van der Waals surface area contributed by atoms with Crippen molar-refractivity contribution < 1.29 is 23.4 Å². The van der Waals surface area contributed by atoms with Crippen LogP contribution in [0.4, 0.5) is 4.39 Å². The maximum Gasteiger partial charge on any atom is 0.255 e. The van der Waals surface area contributed by atoms with Crippen LogP contribution in [0.15, 0.2) is 42.5 Å². The SMILES string of the molecule is COc1ccc(C(=O)NCCCCOc2ccc(F)cc2)c(OC)c1. The van der Waals surface area contributed by atoms with Gasteiger partial charge in [-0.3, -0.25) is 4.79 Å². The molecule has 0 aliphatic carbocycles. The highest BCUT2D eigenvalue weighted by Gasteiger charge is 2.12. The summed E-state index contributed by atoms with van der Waals surface area (Å²) in [6.45, 7) is 1.04. The van der Waals surface area contributed by atoms with E-state index in [-0.39, 0.29) is 11.7 Å². The molecule has 0 radical (unpaired) electrons. The van der Waals surface area contributed by atoms with Gasteiger partial charge in [0.15, 0.2) is 0 Å². The minimum Gasteiger partial charge on any atom is -0.497 e. The largest absolute Gasteiger partial charge is 0.497 e. The topological polar surface area (TPSA) is 56.8 Å². The molecule has 2 aromatic rings. The molecule has 0 bridgehead atoms. The first kappa shape index (κ1) is 18.6. The van der Waals surface area contributed by atoms with Crippen LogP contribution in [-0.4, -0.2) is 33.3 Å². The van der Waals surface area contributed by atoms with Crippen molar-refractivity contribution in [1.29, 1.82) is 0 Å². The number of amides is 1. The average molecular weight is 347 g/mol. The molecule has 25 heavy (non-hydrogen) atoms. The van der Waals surface area contributed by atoms with Crippen LogP contribution >= 0.6 is 0 Å². The fourth-order valence-electron chi connectivity index (χ4n) is 2.23. The van der Waals surface area contributed by atoms with Gasteiger partial charge in [-0.2, -0.15) is 0 Å².